The monoisotopic (exact) mass is 131 g/mol. The third kappa shape index (κ3) is 5.80. The number of methoxy groups -OCH3 is 1. The molecule has 0 rings (SSSR count). The van der Waals surface area contributed by atoms with Gasteiger partial charge in [-0.2, -0.15) is 0 Å². The number of ether oxygens (including phenoxy) is 2. The number of hydrogen-bond acceptors (Lipinski definition) is 2. The summed E-state index contributed by atoms with van der Waals surface area (Å²) in [7, 11) is 1.64. The van der Waals surface area contributed by atoms with Crippen molar-refractivity contribution in [3.63, 3.8) is 0 Å². The molecule has 0 spiro atoms. The molecule has 0 saturated heterocycles. The Balaban J connectivity index is 2.88. The average Bonchev–Trinajstić information content (AvgIpc) is 1.89. The lowest BCUT2D eigenvalue weighted by Crippen LogP contribution is -2.10. The maximum absolute atomic E-state index is 5.15. The second-order valence-corrected chi connectivity index (χ2v) is 1.83. The minimum atomic E-state index is -0.0761. The van der Waals surface area contributed by atoms with Gasteiger partial charge in [-0.25, -0.2) is 0 Å². The van der Waals surface area contributed by atoms with Crippen LogP contribution in [-0.4, -0.2) is 20.0 Å². The Kier molecular flexibility index (Phi) is 5.99. The molecule has 1 atom stereocenters. The first kappa shape index (κ1) is 8.92. The van der Waals surface area contributed by atoms with Crippen LogP contribution in [0.1, 0.15) is 20.3 Å². The Morgan fingerprint density at radius 2 is 2.22 bits per heavy atom. The fraction of sp³-hybridized carbons (Fsp3) is 0.857. The molecular weight excluding hydrogens is 116 g/mol. The SMILES string of the molecule is CC[CH]COC(C)OC. The summed E-state index contributed by atoms with van der Waals surface area (Å²) in [6.07, 6.45) is 3.04. The minimum Gasteiger partial charge on any atom is -0.356 e. The second-order valence-electron chi connectivity index (χ2n) is 1.83. The van der Waals surface area contributed by atoms with Gasteiger partial charge in [0.25, 0.3) is 0 Å². The number of rotatable bonds is 5. The van der Waals surface area contributed by atoms with E-state index in [1.54, 1.807) is 7.11 Å². The fourth-order valence-corrected chi connectivity index (χ4v) is 0.389. The Morgan fingerprint density at radius 1 is 1.56 bits per heavy atom. The highest BCUT2D eigenvalue weighted by Crippen LogP contribution is 1.92. The molecule has 55 valence electrons. The van der Waals surface area contributed by atoms with E-state index in [1.165, 1.54) is 0 Å². The highest BCUT2D eigenvalue weighted by atomic mass is 16.7. The third-order valence-electron chi connectivity index (χ3n) is 1.07. The standard InChI is InChI=1S/C7H15O2/c1-4-5-6-9-7(2)8-3/h5,7H,4,6H2,1-3H3. The smallest absolute Gasteiger partial charge is 0.154 e. The van der Waals surface area contributed by atoms with Crippen molar-refractivity contribution in [1.82, 2.24) is 0 Å². The maximum Gasteiger partial charge on any atom is 0.154 e. The molecular formula is C7H15O2. The van der Waals surface area contributed by atoms with Gasteiger partial charge in [0.2, 0.25) is 0 Å². The molecule has 9 heavy (non-hydrogen) atoms. The van der Waals surface area contributed by atoms with Crippen LogP contribution in [0.2, 0.25) is 0 Å². The third-order valence-corrected chi connectivity index (χ3v) is 1.07. The van der Waals surface area contributed by atoms with Crippen LogP contribution in [0.25, 0.3) is 0 Å². The molecule has 0 heterocycles. The summed E-state index contributed by atoms with van der Waals surface area (Å²) in [5.74, 6) is 0. The lowest BCUT2D eigenvalue weighted by atomic mass is 10.4. The second kappa shape index (κ2) is 6.05. The van der Waals surface area contributed by atoms with Gasteiger partial charge in [0.05, 0.1) is 6.61 Å². The van der Waals surface area contributed by atoms with Crippen LogP contribution < -0.4 is 0 Å². The van der Waals surface area contributed by atoms with Gasteiger partial charge in [-0.1, -0.05) is 13.3 Å². The van der Waals surface area contributed by atoms with E-state index in [0.717, 1.165) is 6.42 Å². The maximum atomic E-state index is 5.15. The Morgan fingerprint density at radius 3 is 2.67 bits per heavy atom. The molecule has 2 nitrogen and oxygen atoms in total. The van der Waals surface area contributed by atoms with Crippen molar-refractivity contribution in [3.05, 3.63) is 6.42 Å². The van der Waals surface area contributed by atoms with Crippen molar-refractivity contribution in [2.45, 2.75) is 26.6 Å². The van der Waals surface area contributed by atoms with Crippen molar-refractivity contribution in [3.8, 4) is 0 Å². The van der Waals surface area contributed by atoms with E-state index in [1.807, 2.05) is 6.92 Å². The van der Waals surface area contributed by atoms with Crippen molar-refractivity contribution in [2.24, 2.45) is 0 Å². The first-order valence-corrected chi connectivity index (χ1v) is 3.27. The molecule has 0 N–H and O–H groups in total. The molecule has 0 aromatic heterocycles. The Labute approximate surface area is 57.2 Å². The molecule has 0 saturated carbocycles. The van der Waals surface area contributed by atoms with E-state index in [4.69, 9.17) is 9.47 Å². The zero-order valence-corrected chi connectivity index (χ0v) is 6.39. The molecule has 0 aliphatic rings. The van der Waals surface area contributed by atoms with Crippen LogP contribution >= 0.6 is 0 Å². The summed E-state index contributed by atoms with van der Waals surface area (Å²) in [5, 5.41) is 0. The molecule has 0 amide bonds. The first-order valence-electron chi connectivity index (χ1n) is 3.27. The lowest BCUT2D eigenvalue weighted by Gasteiger charge is -2.09. The van der Waals surface area contributed by atoms with E-state index in [9.17, 15) is 0 Å². The molecule has 0 bridgehead atoms. The zero-order valence-electron chi connectivity index (χ0n) is 6.39. The van der Waals surface area contributed by atoms with Gasteiger partial charge in [-0.3, -0.25) is 0 Å². The molecule has 0 aliphatic carbocycles. The largest absolute Gasteiger partial charge is 0.356 e. The average molecular weight is 131 g/mol. The highest BCUT2D eigenvalue weighted by Gasteiger charge is 1.95. The van der Waals surface area contributed by atoms with Crippen molar-refractivity contribution >= 4 is 0 Å². The summed E-state index contributed by atoms with van der Waals surface area (Å²) in [6, 6.07) is 0. The van der Waals surface area contributed by atoms with Gasteiger partial charge in [0.1, 0.15) is 0 Å². The molecule has 0 aliphatic heterocycles. The van der Waals surface area contributed by atoms with Crippen molar-refractivity contribution < 1.29 is 9.47 Å². The van der Waals surface area contributed by atoms with E-state index >= 15 is 0 Å². The van der Waals surface area contributed by atoms with Crippen LogP contribution in [-0.2, 0) is 9.47 Å². The summed E-state index contributed by atoms with van der Waals surface area (Å²) in [6.45, 7) is 4.65. The topological polar surface area (TPSA) is 18.5 Å². The van der Waals surface area contributed by atoms with E-state index < -0.39 is 0 Å². The van der Waals surface area contributed by atoms with Crippen LogP contribution in [0.4, 0.5) is 0 Å². The van der Waals surface area contributed by atoms with Crippen LogP contribution in [0.5, 0.6) is 0 Å². The minimum absolute atomic E-state index is 0.0761. The van der Waals surface area contributed by atoms with E-state index in [-0.39, 0.29) is 6.29 Å². The zero-order chi connectivity index (χ0) is 7.11. The van der Waals surface area contributed by atoms with Crippen LogP contribution in [0.15, 0.2) is 0 Å². The quantitative estimate of drug-likeness (QED) is 0.417. The normalized spacial score (nSPS) is 13.7. The fourth-order valence-electron chi connectivity index (χ4n) is 0.389. The molecule has 0 fully saturated rings. The van der Waals surface area contributed by atoms with Crippen molar-refractivity contribution in [1.29, 1.82) is 0 Å². The Hall–Kier alpha value is -0.0800. The van der Waals surface area contributed by atoms with E-state index in [0.29, 0.717) is 6.61 Å². The Bertz CT molecular complexity index is 54.9. The van der Waals surface area contributed by atoms with Gasteiger partial charge in [0.15, 0.2) is 6.29 Å². The molecule has 2 heteroatoms. The number of unbranched alkanes of at least 4 members (excludes halogenated alkanes) is 1. The predicted molar refractivity (Wildman–Crippen MR) is 37.0 cm³/mol. The number of hydrogen-bond donors (Lipinski definition) is 0. The summed E-state index contributed by atoms with van der Waals surface area (Å²) in [4.78, 5) is 0. The van der Waals surface area contributed by atoms with Crippen molar-refractivity contribution in [2.75, 3.05) is 13.7 Å². The molecule has 0 aromatic rings. The predicted octanol–water partition coefficient (Wildman–Crippen LogP) is 1.61. The van der Waals surface area contributed by atoms with Gasteiger partial charge in [-0.15, -0.1) is 0 Å². The summed E-state index contributed by atoms with van der Waals surface area (Å²) < 4.78 is 10.0. The van der Waals surface area contributed by atoms with Crippen LogP contribution in [0.3, 0.4) is 0 Å². The van der Waals surface area contributed by atoms with Crippen LogP contribution in [0, 0.1) is 6.42 Å². The molecule has 1 radical (unpaired) electrons. The summed E-state index contributed by atoms with van der Waals surface area (Å²) >= 11 is 0. The molecule has 0 aromatic carbocycles. The van der Waals surface area contributed by atoms with Gasteiger partial charge in [0, 0.05) is 7.11 Å². The molecule has 1 unspecified atom stereocenters. The van der Waals surface area contributed by atoms with Gasteiger partial charge < -0.3 is 9.47 Å². The lowest BCUT2D eigenvalue weighted by molar-refractivity contribution is -0.104. The first-order chi connectivity index (χ1) is 4.31. The van der Waals surface area contributed by atoms with Gasteiger partial charge in [-0.05, 0) is 13.3 Å². The van der Waals surface area contributed by atoms with E-state index in [2.05, 4.69) is 13.3 Å². The van der Waals surface area contributed by atoms with Gasteiger partial charge >= 0.3 is 0 Å². The summed E-state index contributed by atoms with van der Waals surface area (Å²) in [5.41, 5.74) is 0. The highest BCUT2D eigenvalue weighted by molar-refractivity contribution is 4.58.